The molecule has 0 spiro atoms. The van der Waals surface area contributed by atoms with Crippen molar-refractivity contribution < 1.29 is 0 Å². The molecule has 0 radical (unpaired) electrons. The van der Waals surface area contributed by atoms with Gasteiger partial charge >= 0.3 is 0 Å². The first kappa shape index (κ1) is 12.4. The van der Waals surface area contributed by atoms with E-state index in [-0.39, 0.29) is 0 Å². The molecule has 1 aromatic carbocycles. The summed E-state index contributed by atoms with van der Waals surface area (Å²) in [5, 5.41) is 0. The van der Waals surface area contributed by atoms with Crippen molar-refractivity contribution in [3.05, 3.63) is 53.7 Å². The number of hydrogen-bond acceptors (Lipinski definition) is 4. The second-order valence-corrected chi connectivity index (χ2v) is 4.39. The molecule has 0 aliphatic rings. The predicted octanol–water partition coefficient (Wildman–Crippen LogP) is 2.31. The van der Waals surface area contributed by atoms with Gasteiger partial charge in [-0.05, 0) is 30.7 Å². The van der Waals surface area contributed by atoms with Crippen LogP contribution in [0.4, 0.5) is 11.5 Å². The molecule has 0 saturated carbocycles. The number of aryl methyl sites for hydroxylation is 1. The summed E-state index contributed by atoms with van der Waals surface area (Å²) in [6.45, 7) is 2.91. The highest BCUT2D eigenvalue weighted by Gasteiger charge is 2.02. The van der Waals surface area contributed by atoms with Crippen molar-refractivity contribution in [3.63, 3.8) is 0 Å². The van der Waals surface area contributed by atoms with Gasteiger partial charge in [0.1, 0.15) is 5.82 Å². The van der Waals surface area contributed by atoms with Crippen LogP contribution in [-0.4, -0.2) is 12.0 Å². The van der Waals surface area contributed by atoms with E-state index in [9.17, 15) is 0 Å². The van der Waals surface area contributed by atoms with Crippen LogP contribution >= 0.6 is 0 Å². The first-order valence-electron chi connectivity index (χ1n) is 5.88. The van der Waals surface area contributed by atoms with Crippen molar-refractivity contribution in [2.75, 3.05) is 17.4 Å². The number of anilines is 2. The molecule has 0 bridgehead atoms. The average molecular weight is 242 g/mol. The van der Waals surface area contributed by atoms with Gasteiger partial charge in [-0.15, -0.1) is 0 Å². The largest absolute Gasteiger partial charge is 0.370 e. The van der Waals surface area contributed by atoms with Gasteiger partial charge in [0.2, 0.25) is 0 Å². The lowest BCUT2D eigenvalue weighted by Crippen LogP contribution is -2.16. The van der Waals surface area contributed by atoms with Crippen molar-refractivity contribution in [2.45, 2.75) is 13.5 Å². The maximum Gasteiger partial charge on any atom is 0.139 e. The van der Waals surface area contributed by atoms with Crippen molar-refractivity contribution in [1.82, 2.24) is 4.98 Å². The van der Waals surface area contributed by atoms with E-state index in [1.165, 1.54) is 11.3 Å². The van der Waals surface area contributed by atoms with Gasteiger partial charge in [0.05, 0.1) is 0 Å². The maximum absolute atomic E-state index is 5.28. The summed E-state index contributed by atoms with van der Waals surface area (Å²) in [6.07, 6.45) is 1.83. The molecule has 0 unspecified atom stereocenters. The quantitative estimate of drug-likeness (QED) is 0.638. The summed E-state index contributed by atoms with van der Waals surface area (Å²) < 4.78 is 0. The molecule has 0 saturated heterocycles. The van der Waals surface area contributed by atoms with E-state index >= 15 is 0 Å². The molecular formula is C14H18N4. The minimum Gasteiger partial charge on any atom is -0.370 e. The Balaban J connectivity index is 2.05. The van der Waals surface area contributed by atoms with Gasteiger partial charge in [-0.1, -0.05) is 23.8 Å². The Bertz CT molecular complexity index is 490. The molecule has 0 aliphatic carbocycles. The number of nitrogens with two attached hydrogens (primary N) is 1. The molecule has 2 aromatic rings. The van der Waals surface area contributed by atoms with E-state index in [1.54, 1.807) is 0 Å². The molecule has 4 nitrogen and oxygen atoms in total. The molecule has 1 heterocycles. The number of pyridine rings is 1. The van der Waals surface area contributed by atoms with Crippen LogP contribution in [0.3, 0.4) is 0 Å². The summed E-state index contributed by atoms with van der Waals surface area (Å²) >= 11 is 0. The van der Waals surface area contributed by atoms with E-state index in [1.807, 2.05) is 18.3 Å². The zero-order chi connectivity index (χ0) is 13.0. The molecule has 0 fully saturated rings. The molecule has 0 atom stereocenters. The van der Waals surface area contributed by atoms with Crippen molar-refractivity contribution in [2.24, 2.45) is 5.84 Å². The lowest BCUT2D eigenvalue weighted by molar-refractivity contribution is 0.915. The summed E-state index contributed by atoms with van der Waals surface area (Å²) in [7, 11) is 2.07. The van der Waals surface area contributed by atoms with Gasteiger partial charge in [-0.3, -0.25) is 0 Å². The molecule has 94 valence electrons. The third-order valence-electron chi connectivity index (χ3n) is 2.87. The van der Waals surface area contributed by atoms with Crippen LogP contribution in [0.25, 0.3) is 0 Å². The number of hydrazine groups is 1. The summed E-state index contributed by atoms with van der Waals surface area (Å²) in [6, 6.07) is 12.4. The van der Waals surface area contributed by atoms with E-state index in [4.69, 9.17) is 5.84 Å². The van der Waals surface area contributed by atoms with E-state index in [0.29, 0.717) is 5.82 Å². The lowest BCUT2D eigenvalue weighted by atomic mass is 10.2. The topological polar surface area (TPSA) is 54.2 Å². The standard InChI is InChI=1S/C14H18N4/c1-11-3-6-13(7-4-11)18(2)10-12-5-8-14(17-15)16-9-12/h3-9H,10,15H2,1-2H3,(H,16,17). The highest BCUT2D eigenvalue weighted by atomic mass is 15.2. The van der Waals surface area contributed by atoms with Gasteiger partial charge < -0.3 is 10.3 Å². The number of benzene rings is 1. The van der Waals surface area contributed by atoms with Gasteiger partial charge in [0.15, 0.2) is 0 Å². The number of hydrogen-bond donors (Lipinski definition) is 2. The Morgan fingerprint density at radius 1 is 1.17 bits per heavy atom. The number of rotatable bonds is 4. The smallest absolute Gasteiger partial charge is 0.139 e. The van der Waals surface area contributed by atoms with Crippen LogP contribution in [0.15, 0.2) is 42.6 Å². The van der Waals surface area contributed by atoms with Crippen LogP contribution in [0.5, 0.6) is 0 Å². The first-order valence-corrected chi connectivity index (χ1v) is 5.88. The molecule has 2 rings (SSSR count). The SMILES string of the molecule is Cc1ccc(N(C)Cc2ccc(NN)nc2)cc1. The van der Waals surface area contributed by atoms with Crippen LogP contribution < -0.4 is 16.2 Å². The van der Waals surface area contributed by atoms with Gasteiger partial charge in [-0.2, -0.15) is 0 Å². The van der Waals surface area contributed by atoms with Gasteiger partial charge in [0, 0.05) is 25.5 Å². The number of nitrogens with one attached hydrogen (secondary N) is 1. The summed E-state index contributed by atoms with van der Waals surface area (Å²) in [5.41, 5.74) is 6.14. The normalized spacial score (nSPS) is 10.2. The van der Waals surface area contributed by atoms with Crippen LogP contribution in [0.2, 0.25) is 0 Å². The highest BCUT2D eigenvalue weighted by molar-refractivity contribution is 5.47. The Kier molecular flexibility index (Phi) is 3.79. The lowest BCUT2D eigenvalue weighted by Gasteiger charge is -2.19. The number of aromatic nitrogens is 1. The highest BCUT2D eigenvalue weighted by Crippen LogP contribution is 2.16. The molecule has 18 heavy (non-hydrogen) atoms. The monoisotopic (exact) mass is 242 g/mol. The molecule has 1 aromatic heterocycles. The molecule has 4 heteroatoms. The van der Waals surface area contributed by atoms with E-state index in [0.717, 1.165) is 12.1 Å². The van der Waals surface area contributed by atoms with Gasteiger partial charge in [-0.25, -0.2) is 10.8 Å². The molecule has 0 aliphatic heterocycles. The number of nitrogen functional groups attached to an aromatic ring is 1. The molecule has 3 N–H and O–H groups in total. The third kappa shape index (κ3) is 2.99. The van der Waals surface area contributed by atoms with E-state index in [2.05, 4.69) is 53.5 Å². The molecular weight excluding hydrogens is 224 g/mol. The zero-order valence-corrected chi connectivity index (χ0v) is 10.7. The van der Waals surface area contributed by atoms with Crippen LogP contribution in [0.1, 0.15) is 11.1 Å². The minimum absolute atomic E-state index is 0.678. The fourth-order valence-electron chi connectivity index (χ4n) is 1.77. The third-order valence-corrected chi connectivity index (χ3v) is 2.87. The Hall–Kier alpha value is -2.07. The first-order chi connectivity index (χ1) is 8.69. The van der Waals surface area contributed by atoms with Crippen LogP contribution in [-0.2, 0) is 6.54 Å². The second kappa shape index (κ2) is 5.51. The van der Waals surface area contributed by atoms with E-state index < -0.39 is 0 Å². The Morgan fingerprint density at radius 2 is 1.89 bits per heavy atom. The van der Waals surface area contributed by atoms with Crippen molar-refractivity contribution >= 4 is 11.5 Å². The Labute approximate surface area is 107 Å². The summed E-state index contributed by atoms with van der Waals surface area (Å²) in [4.78, 5) is 6.38. The molecule has 0 amide bonds. The van der Waals surface area contributed by atoms with Crippen molar-refractivity contribution in [1.29, 1.82) is 0 Å². The zero-order valence-electron chi connectivity index (χ0n) is 10.7. The van der Waals surface area contributed by atoms with Gasteiger partial charge in [0.25, 0.3) is 0 Å². The van der Waals surface area contributed by atoms with Crippen molar-refractivity contribution in [3.8, 4) is 0 Å². The average Bonchev–Trinajstić information content (AvgIpc) is 2.40. The maximum atomic E-state index is 5.28. The Morgan fingerprint density at radius 3 is 2.44 bits per heavy atom. The second-order valence-electron chi connectivity index (χ2n) is 4.39. The predicted molar refractivity (Wildman–Crippen MR) is 75.3 cm³/mol. The number of nitrogens with zero attached hydrogens (tertiary/aromatic N) is 2. The fraction of sp³-hybridized carbons (Fsp3) is 0.214. The minimum atomic E-state index is 0.678. The van der Waals surface area contributed by atoms with Crippen LogP contribution in [0, 0.1) is 6.92 Å². The summed E-state index contributed by atoms with van der Waals surface area (Å²) in [5.74, 6) is 5.96. The fourth-order valence-corrected chi connectivity index (χ4v) is 1.77.